The summed E-state index contributed by atoms with van der Waals surface area (Å²) in [5.41, 5.74) is 4.85. The van der Waals surface area contributed by atoms with Gasteiger partial charge in [0.1, 0.15) is 6.54 Å². The standard InChI is InChI=1S/C12H11F3N4O/c1-19(7-17-18-11(19)10(16)20)6-8-3-2-4-9(5-8)12(13,14)15/h2-5,7H,6H2,1H3,(H-,16,20)/p+1. The fraction of sp³-hybridized carbons (Fsp3) is 0.250. The van der Waals surface area contributed by atoms with E-state index in [2.05, 4.69) is 10.2 Å². The zero-order valence-electron chi connectivity index (χ0n) is 10.6. The molecule has 0 saturated carbocycles. The van der Waals surface area contributed by atoms with Crippen molar-refractivity contribution < 1.29 is 22.4 Å². The van der Waals surface area contributed by atoms with Crippen LogP contribution < -0.4 is 5.73 Å². The Hall–Kier alpha value is -2.22. The maximum absolute atomic E-state index is 12.7. The third kappa shape index (κ3) is 2.69. The van der Waals surface area contributed by atoms with E-state index in [1.807, 2.05) is 0 Å². The summed E-state index contributed by atoms with van der Waals surface area (Å²) in [4.78, 5) is 11.2. The van der Waals surface area contributed by atoms with Crippen LogP contribution in [0, 0.1) is 0 Å². The molecule has 106 valence electrons. The molecular weight excluding hydrogens is 273 g/mol. The summed E-state index contributed by atoms with van der Waals surface area (Å²) < 4.78 is 37.8. The molecule has 1 aliphatic heterocycles. The van der Waals surface area contributed by atoms with Crippen molar-refractivity contribution in [2.75, 3.05) is 7.05 Å². The summed E-state index contributed by atoms with van der Waals surface area (Å²) in [7, 11) is 1.60. The van der Waals surface area contributed by atoms with Gasteiger partial charge in [-0.25, -0.2) is 4.48 Å². The van der Waals surface area contributed by atoms with Crippen molar-refractivity contribution >= 4 is 18.1 Å². The molecule has 5 nitrogen and oxygen atoms in total. The quantitative estimate of drug-likeness (QED) is 0.840. The Balaban J connectivity index is 2.29. The van der Waals surface area contributed by atoms with Crippen LogP contribution in [0.25, 0.3) is 0 Å². The fourth-order valence-electron chi connectivity index (χ4n) is 1.99. The summed E-state index contributed by atoms with van der Waals surface area (Å²) in [6.45, 7) is 0.106. The molecule has 1 aromatic rings. The van der Waals surface area contributed by atoms with Crippen molar-refractivity contribution in [1.82, 2.24) is 0 Å². The number of hydrogen-bond acceptors (Lipinski definition) is 3. The molecule has 1 amide bonds. The van der Waals surface area contributed by atoms with E-state index in [9.17, 15) is 18.0 Å². The van der Waals surface area contributed by atoms with E-state index in [0.717, 1.165) is 12.1 Å². The molecule has 20 heavy (non-hydrogen) atoms. The maximum Gasteiger partial charge on any atom is 0.416 e. The normalized spacial score (nSPS) is 21.9. The minimum atomic E-state index is -4.41. The Kier molecular flexibility index (Phi) is 3.34. The van der Waals surface area contributed by atoms with Crippen LogP contribution in [0.15, 0.2) is 34.5 Å². The molecule has 1 aliphatic rings. The molecule has 0 bridgehead atoms. The van der Waals surface area contributed by atoms with E-state index in [4.69, 9.17) is 5.73 Å². The zero-order chi connectivity index (χ0) is 15.0. The second kappa shape index (κ2) is 4.71. The lowest BCUT2D eigenvalue weighted by Crippen LogP contribution is -2.51. The lowest BCUT2D eigenvalue weighted by Gasteiger charge is -2.24. The molecule has 0 saturated heterocycles. The average molecular weight is 285 g/mol. The maximum atomic E-state index is 12.7. The fourth-order valence-corrected chi connectivity index (χ4v) is 1.99. The summed E-state index contributed by atoms with van der Waals surface area (Å²) in [6.07, 6.45) is -3.05. The second-order valence-electron chi connectivity index (χ2n) is 4.64. The lowest BCUT2D eigenvalue weighted by atomic mass is 10.1. The average Bonchev–Trinajstić information content (AvgIpc) is 2.70. The van der Waals surface area contributed by atoms with E-state index < -0.39 is 17.6 Å². The minimum absolute atomic E-state index is 0.0117. The Labute approximate surface area is 112 Å². The first-order valence-corrected chi connectivity index (χ1v) is 5.66. The van der Waals surface area contributed by atoms with E-state index >= 15 is 0 Å². The Bertz CT molecular complexity index is 609. The van der Waals surface area contributed by atoms with Gasteiger partial charge in [-0.3, -0.25) is 4.79 Å². The van der Waals surface area contributed by atoms with E-state index in [-0.39, 0.29) is 16.9 Å². The number of hydrogen-bond donors (Lipinski definition) is 1. The van der Waals surface area contributed by atoms with Crippen molar-refractivity contribution in [3.8, 4) is 0 Å². The van der Waals surface area contributed by atoms with Gasteiger partial charge in [0.25, 0.3) is 0 Å². The number of rotatable bonds is 3. The third-order valence-electron chi connectivity index (χ3n) is 2.93. The summed E-state index contributed by atoms with van der Waals surface area (Å²) >= 11 is 0. The molecule has 0 aliphatic carbocycles. The van der Waals surface area contributed by atoms with Gasteiger partial charge in [-0.2, -0.15) is 13.2 Å². The van der Waals surface area contributed by atoms with Gasteiger partial charge in [-0.1, -0.05) is 22.3 Å². The van der Waals surface area contributed by atoms with Gasteiger partial charge in [-0.15, -0.1) is 0 Å². The van der Waals surface area contributed by atoms with Crippen LogP contribution >= 0.6 is 0 Å². The Morgan fingerprint density at radius 2 is 2.10 bits per heavy atom. The molecular formula is C12H12F3N4O+. The Morgan fingerprint density at radius 3 is 2.70 bits per heavy atom. The molecule has 0 fully saturated rings. The highest BCUT2D eigenvalue weighted by Crippen LogP contribution is 2.30. The van der Waals surface area contributed by atoms with Gasteiger partial charge in [0.2, 0.25) is 6.34 Å². The lowest BCUT2D eigenvalue weighted by molar-refractivity contribution is -0.727. The summed E-state index contributed by atoms with van der Waals surface area (Å²) in [5.74, 6) is -0.764. The number of amidine groups is 1. The van der Waals surface area contributed by atoms with Crippen LogP contribution in [-0.4, -0.2) is 29.6 Å². The number of amides is 1. The van der Waals surface area contributed by atoms with E-state index in [0.29, 0.717) is 5.56 Å². The molecule has 8 heteroatoms. The van der Waals surface area contributed by atoms with Crippen LogP contribution in [0.2, 0.25) is 0 Å². The number of likely N-dealkylation sites (N-methyl/N-ethyl adjacent to an activating group) is 1. The highest BCUT2D eigenvalue weighted by Gasteiger charge is 2.37. The van der Waals surface area contributed by atoms with Crippen molar-refractivity contribution in [2.45, 2.75) is 12.7 Å². The van der Waals surface area contributed by atoms with Gasteiger partial charge >= 0.3 is 17.9 Å². The van der Waals surface area contributed by atoms with Crippen molar-refractivity contribution in [1.29, 1.82) is 0 Å². The number of quaternary nitrogens is 1. The van der Waals surface area contributed by atoms with Crippen LogP contribution in [0.3, 0.4) is 0 Å². The number of carbonyl (C=O) groups is 1. The molecule has 1 atom stereocenters. The highest BCUT2D eigenvalue weighted by molar-refractivity contribution is 6.35. The third-order valence-corrected chi connectivity index (χ3v) is 2.93. The van der Waals surface area contributed by atoms with Gasteiger partial charge < -0.3 is 5.73 Å². The molecule has 1 aromatic carbocycles. The largest absolute Gasteiger partial charge is 0.416 e. The van der Waals surface area contributed by atoms with Crippen LogP contribution in [0.1, 0.15) is 11.1 Å². The second-order valence-corrected chi connectivity index (χ2v) is 4.64. The SMILES string of the molecule is C[N+]1(Cc2cccc(C(F)(F)F)c2)C=NN=C1C(N)=O. The molecule has 2 rings (SSSR count). The molecule has 1 unspecified atom stereocenters. The monoisotopic (exact) mass is 285 g/mol. The first-order valence-electron chi connectivity index (χ1n) is 5.66. The predicted molar refractivity (Wildman–Crippen MR) is 66.5 cm³/mol. The predicted octanol–water partition coefficient (Wildman–Crippen LogP) is 1.49. The van der Waals surface area contributed by atoms with E-state index in [1.165, 1.54) is 12.4 Å². The molecule has 2 N–H and O–H groups in total. The number of nitrogens with zero attached hydrogens (tertiary/aromatic N) is 3. The minimum Gasteiger partial charge on any atom is -0.359 e. The number of primary amides is 1. The highest BCUT2D eigenvalue weighted by atomic mass is 19.4. The molecule has 0 spiro atoms. The van der Waals surface area contributed by atoms with Crippen molar-refractivity contribution in [3.63, 3.8) is 0 Å². The van der Waals surface area contributed by atoms with Crippen molar-refractivity contribution in [3.05, 3.63) is 35.4 Å². The van der Waals surface area contributed by atoms with Crippen molar-refractivity contribution in [2.24, 2.45) is 15.9 Å². The first-order chi connectivity index (χ1) is 9.22. The molecule has 0 radical (unpaired) electrons. The summed E-state index contributed by atoms with van der Waals surface area (Å²) in [6, 6.07) is 4.89. The molecule has 1 heterocycles. The van der Waals surface area contributed by atoms with Crippen LogP contribution in [0.5, 0.6) is 0 Å². The smallest absolute Gasteiger partial charge is 0.359 e. The van der Waals surface area contributed by atoms with Gasteiger partial charge in [-0.05, 0) is 12.1 Å². The first kappa shape index (κ1) is 14.2. The number of benzene rings is 1. The van der Waals surface area contributed by atoms with Gasteiger partial charge in [0.15, 0.2) is 0 Å². The number of carbonyl (C=O) groups excluding carboxylic acids is 1. The molecule has 0 aromatic heterocycles. The number of halogens is 3. The van der Waals surface area contributed by atoms with Gasteiger partial charge in [0.05, 0.1) is 12.6 Å². The summed E-state index contributed by atoms with van der Waals surface area (Å²) in [5, 5.41) is 7.24. The topological polar surface area (TPSA) is 67.8 Å². The zero-order valence-corrected chi connectivity index (χ0v) is 10.6. The Morgan fingerprint density at radius 1 is 1.40 bits per heavy atom. The number of nitrogens with two attached hydrogens (primary N) is 1. The van der Waals surface area contributed by atoms with Gasteiger partial charge in [0, 0.05) is 5.56 Å². The van der Waals surface area contributed by atoms with E-state index in [1.54, 1.807) is 13.1 Å². The number of alkyl halides is 3. The van der Waals surface area contributed by atoms with Crippen LogP contribution in [0.4, 0.5) is 13.2 Å². The van der Waals surface area contributed by atoms with Crippen LogP contribution in [-0.2, 0) is 17.5 Å².